The van der Waals surface area contributed by atoms with Gasteiger partial charge in [-0.05, 0) is 24.0 Å². The maximum absolute atomic E-state index is 11.4. The summed E-state index contributed by atoms with van der Waals surface area (Å²) >= 11 is 0. The number of hydrogen-bond donors (Lipinski definition) is 1. The van der Waals surface area contributed by atoms with E-state index < -0.39 is 21.2 Å². The molecule has 1 aromatic carbocycles. The summed E-state index contributed by atoms with van der Waals surface area (Å²) in [5.74, 6) is 0. The van der Waals surface area contributed by atoms with Crippen molar-refractivity contribution in [3.8, 4) is 0 Å². The van der Waals surface area contributed by atoms with Gasteiger partial charge >= 0.3 is 51.3 Å². The first-order valence-electron chi connectivity index (χ1n) is 5.56. The minimum Gasteiger partial charge on any atom is 6.00 e. The van der Waals surface area contributed by atoms with Crippen LogP contribution in [-0.4, -0.2) is 25.0 Å². The Kier molecular flexibility index (Phi) is 15.9. The van der Waals surface area contributed by atoms with Gasteiger partial charge in [0.2, 0.25) is 0 Å². The van der Waals surface area contributed by atoms with Gasteiger partial charge in [0.15, 0.2) is 9.84 Å². The second-order valence-electron chi connectivity index (χ2n) is 4.05. The summed E-state index contributed by atoms with van der Waals surface area (Å²) in [6.45, 7) is 13.5. The standard InChI is InChI=1S/C11H14O3S.3CO.Cr/c1-15(13,14)10-7-6-8-4-2-3-5-9(8)11(10)12;3*1-2;/h2-5,10-12H,6-7H2,1H3;;;;/q;;;;+6. The van der Waals surface area contributed by atoms with Crippen molar-refractivity contribution in [2.24, 2.45) is 0 Å². The summed E-state index contributed by atoms with van der Waals surface area (Å²) in [5, 5.41) is 9.33. The maximum atomic E-state index is 11.4. The largest absolute Gasteiger partial charge is 6.00 e. The third-order valence-electron chi connectivity index (χ3n) is 2.97. The van der Waals surface area contributed by atoms with Gasteiger partial charge in [0, 0.05) is 6.26 Å². The summed E-state index contributed by atoms with van der Waals surface area (Å²) < 4.78 is 45.4. The molecule has 2 atom stereocenters. The van der Waals surface area contributed by atoms with Crippen LogP contribution in [-0.2, 0) is 47.6 Å². The third-order valence-corrected chi connectivity index (χ3v) is 4.57. The molecule has 0 bridgehead atoms. The van der Waals surface area contributed by atoms with Gasteiger partial charge in [-0.2, -0.15) is 0 Å². The molecule has 22 heavy (non-hydrogen) atoms. The van der Waals surface area contributed by atoms with Gasteiger partial charge < -0.3 is 5.11 Å². The molecule has 0 aliphatic heterocycles. The number of fused-ring (bicyclic) bond motifs is 1. The Hall–Kier alpha value is -1.12. The Morgan fingerprint density at radius 2 is 1.55 bits per heavy atom. The van der Waals surface area contributed by atoms with E-state index in [1.165, 1.54) is 6.26 Å². The minimum atomic E-state index is -3.17. The molecule has 112 valence electrons. The minimum absolute atomic E-state index is 0. The molecule has 8 heteroatoms. The van der Waals surface area contributed by atoms with Crippen LogP contribution in [0, 0.1) is 20.0 Å². The zero-order chi connectivity index (χ0) is 17.1. The van der Waals surface area contributed by atoms with E-state index in [0.717, 1.165) is 17.5 Å². The Labute approximate surface area is 140 Å². The smallest absolute Gasteiger partial charge is 6.00 e. The molecule has 1 aliphatic carbocycles. The van der Waals surface area contributed by atoms with Gasteiger partial charge in [-0.25, -0.2) is 8.42 Å². The van der Waals surface area contributed by atoms with Crippen molar-refractivity contribution in [2.75, 3.05) is 6.26 Å². The number of aryl methyl sites for hydroxylation is 1. The van der Waals surface area contributed by atoms with E-state index in [4.69, 9.17) is 14.0 Å². The second kappa shape index (κ2) is 13.5. The van der Waals surface area contributed by atoms with Crippen LogP contribution in [0.15, 0.2) is 24.3 Å². The molecule has 1 aliphatic rings. The predicted molar refractivity (Wildman–Crippen MR) is 70.1 cm³/mol. The second-order valence-corrected chi connectivity index (χ2v) is 6.31. The number of rotatable bonds is 1. The van der Waals surface area contributed by atoms with Crippen LogP contribution in [0.1, 0.15) is 23.7 Å². The number of sulfone groups is 1. The fourth-order valence-corrected chi connectivity index (χ4v) is 3.32. The Bertz CT molecular complexity index is 577. The fraction of sp³-hybridized carbons (Fsp3) is 0.357. The molecule has 0 saturated carbocycles. The summed E-state index contributed by atoms with van der Waals surface area (Å²) in [4.78, 5) is 0. The number of benzene rings is 1. The van der Waals surface area contributed by atoms with Gasteiger partial charge in [-0.1, -0.05) is 24.3 Å². The van der Waals surface area contributed by atoms with Crippen LogP contribution in [0.25, 0.3) is 0 Å². The molecule has 0 saturated heterocycles. The molecule has 0 spiro atoms. The first kappa shape index (κ1) is 25.8. The Morgan fingerprint density at radius 3 is 2.00 bits per heavy atom. The molecule has 0 aromatic heterocycles. The van der Waals surface area contributed by atoms with E-state index in [1.54, 1.807) is 6.07 Å². The van der Waals surface area contributed by atoms with Crippen molar-refractivity contribution in [3.63, 3.8) is 0 Å². The number of hydrogen-bond acceptors (Lipinski definition) is 3. The molecule has 2 rings (SSSR count). The van der Waals surface area contributed by atoms with Gasteiger partial charge in [-0.3, -0.25) is 0 Å². The van der Waals surface area contributed by atoms with E-state index in [-0.39, 0.29) is 17.4 Å². The van der Waals surface area contributed by atoms with Crippen LogP contribution >= 0.6 is 0 Å². The summed E-state index contributed by atoms with van der Waals surface area (Å²) in [5.41, 5.74) is 1.82. The van der Waals surface area contributed by atoms with E-state index >= 15 is 0 Å². The van der Waals surface area contributed by atoms with Crippen LogP contribution in [0.3, 0.4) is 0 Å². The van der Waals surface area contributed by atoms with Gasteiger partial charge in [-0.15, -0.1) is 0 Å². The quantitative estimate of drug-likeness (QED) is 0.593. The molecule has 0 amide bonds. The van der Waals surface area contributed by atoms with Crippen molar-refractivity contribution in [1.29, 1.82) is 0 Å². The topological polar surface area (TPSA) is 114 Å². The molecular formula is C14H14CrO6S+6. The van der Waals surface area contributed by atoms with Crippen molar-refractivity contribution < 1.29 is 44.8 Å². The van der Waals surface area contributed by atoms with Gasteiger partial charge in [0.1, 0.15) is 0 Å². The summed E-state index contributed by atoms with van der Waals surface area (Å²) in [7, 11) is -3.17. The Balaban J connectivity index is -0.000000463. The molecule has 0 heterocycles. The fourth-order valence-electron chi connectivity index (χ4n) is 2.15. The molecule has 1 aromatic rings. The first-order chi connectivity index (χ1) is 10.00. The van der Waals surface area contributed by atoms with Crippen molar-refractivity contribution in [1.82, 2.24) is 0 Å². The van der Waals surface area contributed by atoms with E-state index in [0.29, 0.717) is 6.42 Å². The average Bonchev–Trinajstić information content (AvgIpc) is 2.52. The zero-order valence-electron chi connectivity index (χ0n) is 11.7. The van der Waals surface area contributed by atoms with Crippen molar-refractivity contribution in [3.05, 3.63) is 55.3 Å². The first-order valence-corrected chi connectivity index (χ1v) is 7.51. The molecule has 0 radical (unpaired) electrons. The van der Waals surface area contributed by atoms with Gasteiger partial charge in [0.25, 0.3) is 0 Å². The van der Waals surface area contributed by atoms with Crippen LogP contribution in [0.2, 0.25) is 0 Å². The van der Waals surface area contributed by atoms with E-state index in [2.05, 4.69) is 20.0 Å². The SMILES string of the molecule is CS(=O)(=O)C1CCc2ccccc2C1O.[C-]#[O+].[C-]#[O+].[C-]#[O+].[Cr+6]. The van der Waals surface area contributed by atoms with Crippen LogP contribution in [0.5, 0.6) is 0 Å². The van der Waals surface area contributed by atoms with E-state index in [9.17, 15) is 13.5 Å². The Morgan fingerprint density at radius 1 is 1.09 bits per heavy atom. The molecule has 0 fully saturated rings. The van der Waals surface area contributed by atoms with Crippen molar-refractivity contribution in [2.45, 2.75) is 24.2 Å². The normalized spacial score (nSPS) is 18.0. The third kappa shape index (κ3) is 7.24. The van der Waals surface area contributed by atoms with Gasteiger partial charge in [0.05, 0.1) is 11.4 Å². The molecule has 1 N–H and O–H groups in total. The molecule has 6 nitrogen and oxygen atoms in total. The molecular weight excluding hydrogens is 348 g/mol. The van der Waals surface area contributed by atoms with Crippen LogP contribution in [0.4, 0.5) is 0 Å². The molecule has 2 unspecified atom stereocenters. The van der Waals surface area contributed by atoms with Crippen molar-refractivity contribution >= 4 is 9.84 Å². The maximum Gasteiger partial charge on any atom is 6.00 e. The number of aliphatic hydroxyl groups excluding tert-OH is 1. The summed E-state index contributed by atoms with van der Waals surface area (Å²) in [6, 6.07) is 7.48. The van der Waals surface area contributed by atoms with Crippen LogP contribution < -0.4 is 0 Å². The predicted octanol–water partition coefficient (Wildman–Crippen LogP) is 0.964. The average molecular weight is 362 g/mol. The number of aliphatic hydroxyl groups is 1. The zero-order valence-corrected chi connectivity index (χ0v) is 13.8. The monoisotopic (exact) mass is 362 g/mol. The summed E-state index contributed by atoms with van der Waals surface area (Å²) in [6.07, 6.45) is 1.56. The van der Waals surface area contributed by atoms with E-state index in [1.807, 2.05) is 18.2 Å².